The van der Waals surface area contributed by atoms with Crippen molar-refractivity contribution in [2.45, 2.75) is 25.3 Å². The number of anilines is 1. The number of aromatic carboxylic acids is 1. The first-order valence-electron chi connectivity index (χ1n) is 5.72. The largest absolute Gasteiger partial charge is 0.477 e. The Balaban J connectivity index is 2.37. The molecule has 2 N–H and O–H groups in total. The van der Waals surface area contributed by atoms with Gasteiger partial charge in [-0.25, -0.2) is 17.9 Å². The Kier molecular flexibility index (Phi) is 3.53. The van der Waals surface area contributed by atoms with Crippen LogP contribution in [0.4, 0.5) is 6.01 Å². The second kappa shape index (κ2) is 5.00. The van der Waals surface area contributed by atoms with E-state index in [0.717, 1.165) is 6.07 Å². The summed E-state index contributed by atoms with van der Waals surface area (Å²) in [6, 6.07) is 0.924. The molecular formula is C11H13N3O5S. The highest BCUT2D eigenvalue weighted by atomic mass is 32.2. The molecular weight excluding hydrogens is 286 g/mol. The zero-order chi connectivity index (χ0) is 14.9. The molecule has 2 aromatic rings. The zero-order valence-electron chi connectivity index (χ0n) is 10.8. The van der Waals surface area contributed by atoms with Gasteiger partial charge in [-0.05, 0) is 19.9 Å². The van der Waals surface area contributed by atoms with E-state index in [1.807, 2.05) is 0 Å². The van der Waals surface area contributed by atoms with E-state index in [-0.39, 0.29) is 16.6 Å². The molecule has 2 heterocycles. The van der Waals surface area contributed by atoms with Crippen molar-refractivity contribution in [2.24, 2.45) is 0 Å². The maximum absolute atomic E-state index is 12.1. The number of carboxylic acids is 1. The molecule has 8 nitrogen and oxygen atoms in total. The fourth-order valence-corrected chi connectivity index (χ4v) is 2.62. The van der Waals surface area contributed by atoms with Gasteiger partial charge in [0.05, 0.1) is 5.69 Å². The van der Waals surface area contributed by atoms with Crippen LogP contribution in [0.2, 0.25) is 0 Å². The van der Waals surface area contributed by atoms with Crippen molar-refractivity contribution >= 4 is 22.0 Å². The summed E-state index contributed by atoms with van der Waals surface area (Å²) < 4.78 is 32.6. The van der Waals surface area contributed by atoms with Gasteiger partial charge in [0.15, 0.2) is 0 Å². The highest BCUT2D eigenvalue weighted by Crippen LogP contribution is 2.18. The number of rotatable bonds is 5. The highest BCUT2D eigenvalue weighted by molar-refractivity contribution is 7.92. The van der Waals surface area contributed by atoms with Gasteiger partial charge >= 0.3 is 12.0 Å². The maximum Gasteiger partial charge on any atom is 0.352 e. The van der Waals surface area contributed by atoms with Gasteiger partial charge in [0.1, 0.15) is 16.9 Å². The molecule has 0 aliphatic carbocycles. The van der Waals surface area contributed by atoms with Crippen LogP contribution in [-0.2, 0) is 16.6 Å². The van der Waals surface area contributed by atoms with Gasteiger partial charge in [0, 0.05) is 12.7 Å². The number of aryl methyl sites for hydroxylation is 2. The van der Waals surface area contributed by atoms with Crippen molar-refractivity contribution in [3.8, 4) is 0 Å². The molecule has 0 aromatic carbocycles. The lowest BCUT2D eigenvalue weighted by Gasteiger charge is -2.01. The Labute approximate surface area is 115 Å². The van der Waals surface area contributed by atoms with Gasteiger partial charge in [-0.15, -0.1) is 0 Å². The minimum absolute atomic E-state index is 0.101. The molecule has 9 heteroatoms. The highest BCUT2D eigenvalue weighted by Gasteiger charge is 2.22. The van der Waals surface area contributed by atoms with E-state index in [4.69, 9.17) is 9.52 Å². The molecule has 2 rings (SSSR count). The van der Waals surface area contributed by atoms with Gasteiger partial charge in [-0.3, -0.25) is 0 Å². The van der Waals surface area contributed by atoms with Crippen molar-refractivity contribution in [2.75, 3.05) is 4.72 Å². The predicted octanol–water partition coefficient (Wildman–Crippen LogP) is 1.30. The molecule has 0 aliphatic rings. The molecule has 0 saturated carbocycles. The molecule has 108 valence electrons. The Bertz CT molecular complexity index is 744. The van der Waals surface area contributed by atoms with Crippen LogP contribution in [0.25, 0.3) is 0 Å². The fraction of sp³-hybridized carbons (Fsp3) is 0.273. The van der Waals surface area contributed by atoms with Crippen LogP contribution in [0.3, 0.4) is 0 Å². The van der Waals surface area contributed by atoms with Crippen LogP contribution in [0.5, 0.6) is 0 Å². The smallest absolute Gasteiger partial charge is 0.352 e. The van der Waals surface area contributed by atoms with Crippen LogP contribution in [0, 0.1) is 6.92 Å². The first kappa shape index (κ1) is 14.1. The molecule has 0 atom stereocenters. The summed E-state index contributed by atoms with van der Waals surface area (Å²) in [4.78, 5) is 14.7. The summed E-state index contributed by atoms with van der Waals surface area (Å²) in [7, 11) is -3.94. The fourth-order valence-electron chi connectivity index (χ4n) is 1.65. The Morgan fingerprint density at radius 2 is 2.25 bits per heavy atom. The monoisotopic (exact) mass is 299 g/mol. The molecule has 0 fully saturated rings. The Hall–Kier alpha value is -2.29. The Morgan fingerprint density at radius 1 is 1.55 bits per heavy atom. The van der Waals surface area contributed by atoms with Crippen LogP contribution >= 0.6 is 0 Å². The number of aromatic nitrogens is 2. The minimum atomic E-state index is -3.94. The van der Waals surface area contributed by atoms with Gasteiger partial charge in [-0.2, -0.15) is 4.98 Å². The number of nitrogens with zero attached hydrogens (tertiary/aromatic N) is 2. The van der Waals surface area contributed by atoms with Crippen LogP contribution < -0.4 is 4.72 Å². The van der Waals surface area contributed by atoms with E-state index in [2.05, 4.69) is 9.71 Å². The quantitative estimate of drug-likeness (QED) is 0.860. The SMILES string of the molecule is CCn1cc(S(=O)(=O)Nc2nc(C)co2)cc1C(=O)O. The average molecular weight is 299 g/mol. The van der Waals surface area contributed by atoms with Crippen LogP contribution in [0.1, 0.15) is 23.1 Å². The maximum atomic E-state index is 12.1. The first-order valence-corrected chi connectivity index (χ1v) is 7.20. The number of hydrogen-bond donors (Lipinski definition) is 2. The van der Waals surface area contributed by atoms with Gasteiger partial charge in [0.2, 0.25) is 0 Å². The second-order valence-electron chi connectivity index (χ2n) is 4.05. The van der Waals surface area contributed by atoms with Gasteiger partial charge in [-0.1, -0.05) is 0 Å². The first-order chi connectivity index (χ1) is 9.33. The molecule has 0 unspecified atom stereocenters. The number of nitrogens with one attached hydrogen (secondary N) is 1. The predicted molar refractivity (Wildman–Crippen MR) is 69.1 cm³/mol. The van der Waals surface area contributed by atoms with Crippen LogP contribution in [-0.4, -0.2) is 29.0 Å². The van der Waals surface area contributed by atoms with Crippen molar-refractivity contribution < 1.29 is 22.7 Å². The average Bonchev–Trinajstić information content (AvgIpc) is 2.95. The molecule has 0 amide bonds. The van der Waals surface area contributed by atoms with E-state index in [1.54, 1.807) is 13.8 Å². The summed E-state index contributed by atoms with van der Waals surface area (Å²) in [5.74, 6) is -1.19. The third-order valence-electron chi connectivity index (χ3n) is 2.58. The van der Waals surface area contributed by atoms with Crippen molar-refractivity contribution in [3.63, 3.8) is 0 Å². The molecule has 20 heavy (non-hydrogen) atoms. The standard InChI is InChI=1S/C11H13N3O5S/c1-3-14-5-8(4-9(14)10(15)16)20(17,18)13-11-12-7(2)6-19-11/h4-6H,3H2,1-2H3,(H,12,13)(H,15,16). The summed E-state index contributed by atoms with van der Waals surface area (Å²) >= 11 is 0. The topological polar surface area (TPSA) is 114 Å². The number of oxazole rings is 1. The lowest BCUT2D eigenvalue weighted by molar-refractivity contribution is 0.0685. The molecule has 2 aromatic heterocycles. The van der Waals surface area contributed by atoms with Gasteiger partial charge in [0.25, 0.3) is 10.0 Å². The van der Waals surface area contributed by atoms with E-state index in [1.165, 1.54) is 17.0 Å². The lowest BCUT2D eigenvalue weighted by atomic mass is 10.4. The van der Waals surface area contributed by atoms with Crippen molar-refractivity contribution in [1.29, 1.82) is 0 Å². The number of sulfonamides is 1. The summed E-state index contributed by atoms with van der Waals surface area (Å²) in [5, 5.41) is 9.00. The van der Waals surface area contributed by atoms with E-state index < -0.39 is 16.0 Å². The number of carbonyl (C=O) groups is 1. The minimum Gasteiger partial charge on any atom is -0.477 e. The molecule has 0 aliphatic heterocycles. The van der Waals surface area contributed by atoms with E-state index in [9.17, 15) is 13.2 Å². The molecule has 0 saturated heterocycles. The molecule has 0 radical (unpaired) electrons. The normalized spacial score (nSPS) is 11.5. The summed E-state index contributed by atoms with van der Waals surface area (Å²) in [6.07, 6.45) is 2.55. The third kappa shape index (κ3) is 2.67. The zero-order valence-corrected chi connectivity index (χ0v) is 11.6. The molecule has 0 bridgehead atoms. The van der Waals surface area contributed by atoms with Crippen molar-refractivity contribution in [1.82, 2.24) is 9.55 Å². The van der Waals surface area contributed by atoms with Crippen molar-refractivity contribution in [3.05, 3.63) is 29.9 Å². The number of carboxylic acid groups (broad SMARTS) is 1. The van der Waals surface area contributed by atoms with E-state index >= 15 is 0 Å². The third-order valence-corrected chi connectivity index (χ3v) is 3.87. The second-order valence-corrected chi connectivity index (χ2v) is 5.73. The van der Waals surface area contributed by atoms with Crippen LogP contribution in [0.15, 0.2) is 27.8 Å². The van der Waals surface area contributed by atoms with E-state index in [0.29, 0.717) is 12.2 Å². The molecule has 0 spiro atoms. The summed E-state index contributed by atoms with van der Waals surface area (Å²) in [5.41, 5.74) is 0.427. The Morgan fingerprint density at radius 3 is 2.70 bits per heavy atom. The van der Waals surface area contributed by atoms with Gasteiger partial charge < -0.3 is 14.1 Å². The summed E-state index contributed by atoms with van der Waals surface area (Å²) in [6.45, 7) is 3.71. The number of hydrogen-bond acceptors (Lipinski definition) is 5. The lowest BCUT2D eigenvalue weighted by Crippen LogP contribution is -2.12.